The van der Waals surface area contributed by atoms with Gasteiger partial charge >= 0.3 is 6.09 Å². The number of alkyl halides is 1. The number of likely N-dealkylation sites (tertiary alicyclic amines) is 1. The minimum atomic E-state index is -1.14. The molecule has 0 bridgehead atoms. The van der Waals surface area contributed by atoms with Crippen LogP contribution in [0.3, 0.4) is 0 Å². The lowest BCUT2D eigenvalue weighted by atomic mass is 10.2. The number of unbranched alkanes of at least 4 members (excludes halogenated alkanes) is 1. The van der Waals surface area contributed by atoms with E-state index in [1.165, 1.54) is 4.90 Å². The summed E-state index contributed by atoms with van der Waals surface area (Å²) in [4.78, 5) is 13.2. The second kappa shape index (κ2) is 6.89. The largest absolute Gasteiger partial charge is 0.444 e. The Bertz CT molecular complexity index is 314. The van der Waals surface area contributed by atoms with Crippen LogP contribution < -0.4 is 0 Å². The number of ether oxygens (including phenoxy) is 2. The van der Waals surface area contributed by atoms with Crippen LogP contribution in [0.15, 0.2) is 12.7 Å². The van der Waals surface area contributed by atoms with E-state index in [0.29, 0.717) is 6.61 Å². The van der Waals surface area contributed by atoms with Crippen molar-refractivity contribution >= 4 is 6.09 Å². The van der Waals surface area contributed by atoms with Crippen LogP contribution in [-0.4, -0.2) is 48.6 Å². The Kier molecular flexibility index (Phi) is 5.79. The molecule has 0 N–H and O–H groups in total. The molecule has 2 atom stereocenters. The molecule has 1 aliphatic heterocycles. The molecular formula is C14H24FNO3. The van der Waals surface area contributed by atoms with Crippen LogP contribution in [-0.2, 0) is 9.47 Å². The molecule has 110 valence electrons. The Morgan fingerprint density at radius 3 is 2.74 bits per heavy atom. The van der Waals surface area contributed by atoms with Crippen LogP contribution in [0, 0.1) is 0 Å². The molecule has 1 rings (SSSR count). The molecular weight excluding hydrogens is 249 g/mol. The molecule has 0 aromatic heterocycles. The lowest BCUT2D eigenvalue weighted by Gasteiger charge is -2.24. The summed E-state index contributed by atoms with van der Waals surface area (Å²) < 4.78 is 24.4. The minimum absolute atomic E-state index is 0.0427. The molecule has 1 aliphatic rings. The van der Waals surface area contributed by atoms with Crippen LogP contribution in [0.5, 0.6) is 0 Å². The van der Waals surface area contributed by atoms with E-state index in [2.05, 4.69) is 6.58 Å². The average Bonchev–Trinajstić information content (AvgIpc) is 2.64. The van der Waals surface area contributed by atoms with Crippen molar-refractivity contribution in [3.8, 4) is 0 Å². The summed E-state index contributed by atoms with van der Waals surface area (Å²) in [6.45, 7) is 9.76. The summed E-state index contributed by atoms with van der Waals surface area (Å²) >= 11 is 0. The van der Waals surface area contributed by atoms with E-state index < -0.39 is 24.0 Å². The molecule has 1 heterocycles. The number of nitrogens with zero attached hydrogens (tertiary/aromatic N) is 1. The van der Waals surface area contributed by atoms with E-state index in [1.807, 2.05) is 0 Å². The van der Waals surface area contributed by atoms with Crippen molar-refractivity contribution in [2.24, 2.45) is 0 Å². The standard InChI is InChI=1S/C14H24FNO3/c1-5-6-7-8-18-12-10-16(9-11(12)15)13(17)19-14(2,3)4/h5,11-12H,1,6-10H2,2-4H3/t11-,12+/m1/s1. The summed E-state index contributed by atoms with van der Waals surface area (Å²) in [5, 5.41) is 0. The SMILES string of the molecule is C=CCCCO[C@H]1CN(C(=O)OC(C)(C)C)C[C@H]1F. The molecule has 0 spiro atoms. The van der Waals surface area contributed by atoms with Crippen molar-refractivity contribution < 1.29 is 18.7 Å². The topological polar surface area (TPSA) is 38.8 Å². The number of carbonyl (C=O) groups is 1. The molecule has 19 heavy (non-hydrogen) atoms. The first-order valence-corrected chi connectivity index (χ1v) is 6.68. The highest BCUT2D eigenvalue weighted by Crippen LogP contribution is 2.20. The van der Waals surface area contributed by atoms with Crippen LogP contribution in [0.1, 0.15) is 33.6 Å². The summed E-state index contributed by atoms with van der Waals surface area (Å²) in [5.41, 5.74) is -0.564. The Labute approximate surface area is 114 Å². The fraction of sp³-hybridized carbons (Fsp3) is 0.786. The number of hydrogen-bond acceptors (Lipinski definition) is 3. The van der Waals surface area contributed by atoms with E-state index in [0.717, 1.165) is 12.8 Å². The van der Waals surface area contributed by atoms with E-state index in [4.69, 9.17) is 9.47 Å². The number of amides is 1. The predicted molar refractivity (Wildman–Crippen MR) is 71.9 cm³/mol. The summed E-state index contributed by atoms with van der Waals surface area (Å²) in [7, 11) is 0. The van der Waals surface area contributed by atoms with Gasteiger partial charge in [0.15, 0.2) is 0 Å². The lowest BCUT2D eigenvalue weighted by molar-refractivity contribution is 0.0140. The van der Waals surface area contributed by atoms with Gasteiger partial charge in [-0.2, -0.15) is 0 Å². The van der Waals surface area contributed by atoms with Gasteiger partial charge in [-0.05, 0) is 33.6 Å². The Balaban J connectivity index is 2.37. The van der Waals surface area contributed by atoms with Crippen molar-refractivity contribution in [2.45, 2.75) is 51.5 Å². The van der Waals surface area contributed by atoms with Gasteiger partial charge in [-0.3, -0.25) is 0 Å². The predicted octanol–water partition coefficient (Wildman–Crippen LogP) is 2.93. The fourth-order valence-corrected chi connectivity index (χ4v) is 1.83. The zero-order valence-electron chi connectivity index (χ0n) is 12.0. The highest BCUT2D eigenvalue weighted by Gasteiger charge is 2.37. The number of halogens is 1. The second-order valence-corrected chi connectivity index (χ2v) is 5.74. The van der Waals surface area contributed by atoms with Gasteiger partial charge in [0, 0.05) is 6.61 Å². The highest BCUT2D eigenvalue weighted by molar-refractivity contribution is 5.68. The number of rotatable bonds is 5. The normalized spacial score (nSPS) is 23.5. The zero-order chi connectivity index (χ0) is 14.5. The van der Waals surface area contributed by atoms with E-state index in [1.54, 1.807) is 26.8 Å². The molecule has 0 aromatic rings. The highest BCUT2D eigenvalue weighted by atomic mass is 19.1. The third-order valence-electron chi connectivity index (χ3n) is 2.73. The molecule has 0 saturated carbocycles. The van der Waals surface area contributed by atoms with Gasteiger partial charge in [0.25, 0.3) is 0 Å². The second-order valence-electron chi connectivity index (χ2n) is 5.74. The molecule has 0 aromatic carbocycles. The molecule has 0 radical (unpaired) electrons. The monoisotopic (exact) mass is 273 g/mol. The van der Waals surface area contributed by atoms with Gasteiger partial charge in [0.1, 0.15) is 17.9 Å². The van der Waals surface area contributed by atoms with Crippen LogP contribution in [0.25, 0.3) is 0 Å². The zero-order valence-corrected chi connectivity index (χ0v) is 12.0. The lowest BCUT2D eigenvalue weighted by Crippen LogP contribution is -2.36. The van der Waals surface area contributed by atoms with Gasteiger partial charge in [-0.15, -0.1) is 6.58 Å². The van der Waals surface area contributed by atoms with Crippen LogP contribution >= 0.6 is 0 Å². The van der Waals surface area contributed by atoms with E-state index in [-0.39, 0.29) is 13.1 Å². The van der Waals surface area contributed by atoms with Gasteiger partial charge in [-0.1, -0.05) is 6.08 Å². The summed E-state index contributed by atoms with van der Waals surface area (Å²) in [6, 6.07) is 0. The van der Waals surface area contributed by atoms with Crippen molar-refractivity contribution in [3.05, 3.63) is 12.7 Å². The van der Waals surface area contributed by atoms with E-state index >= 15 is 0 Å². The minimum Gasteiger partial charge on any atom is -0.444 e. The average molecular weight is 273 g/mol. The van der Waals surface area contributed by atoms with Gasteiger partial charge in [-0.25, -0.2) is 9.18 Å². The summed E-state index contributed by atoms with van der Waals surface area (Å²) in [6.07, 6.45) is 1.30. The molecule has 1 amide bonds. The fourth-order valence-electron chi connectivity index (χ4n) is 1.83. The van der Waals surface area contributed by atoms with E-state index in [9.17, 15) is 9.18 Å². The van der Waals surface area contributed by atoms with Gasteiger partial charge < -0.3 is 14.4 Å². The Hall–Kier alpha value is -1.10. The molecule has 1 saturated heterocycles. The molecule has 0 unspecified atom stereocenters. The summed E-state index contributed by atoms with van der Waals surface area (Å²) in [5.74, 6) is 0. The van der Waals surface area contributed by atoms with Gasteiger partial charge in [0.2, 0.25) is 0 Å². The first-order chi connectivity index (χ1) is 8.83. The number of carbonyl (C=O) groups excluding carboxylic acids is 1. The smallest absolute Gasteiger partial charge is 0.410 e. The number of hydrogen-bond donors (Lipinski definition) is 0. The van der Waals surface area contributed by atoms with Crippen LogP contribution in [0.4, 0.5) is 9.18 Å². The van der Waals surface area contributed by atoms with Crippen molar-refractivity contribution in [1.82, 2.24) is 4.90 Å². The molecule has 1 fully saturated rings. The first kappa shape index (κ1) is 16.0. The van der Waals surface area contributed by atoms with Gasteiger partial charge in [0.05, 0.1) is 13.1 Å². The van der Waals surface area contributed by atoms with Crippen molar-refractivity contribution in [3.63, 3.8) is 0 Å². The third-order valence-corrected chi connectivity index (χ3v) is 2.73. The quantitative estimate of drug-likeness (QED) is 0.571. The molecule has 0 aliphatic carbocycles. The Morgan fingerprint density at radius 1 is 1.47 bits per heavy atom. The maximum absolute atomic E-state index is 13.7. The molecule has 4 nitrogen and oxygen atoms in total. The molecule has 5 heteroatoms. The Morgan fingerprint density at radius 2 is 2.16 bits per heavy atom. The third kappa shape index (κ3) is 5.59. The maximum atomic E-state index is 13.7. The number of allylic oxidation sites excluding steroid dienone is 1. The first-order valence-electron chi connectivity index (χ1n) is 6.68. The maximum Gasteiger partial charge on any atom is 0.410 e. The van der Waals surface area contributed by atoms with Crippen LogP contribution in [0.2, 0.25) is 0 Å². The van der Waals surface area contributed by atoms with Crippen molar-refractivity contribution in [2.75, 3.05) is 19.7 Å². The van der Waals surface area contributed by atoms with Crippen molar-refractivity contribution in [1.29, 1.82) is 0 Å².